The molecule has 128 valence electrons. The van der Waals surface area contributed by atoms with Crippen LogP contribution in [0.4, 0.5) is 5.69 Å². The van der Waals surface area contributed by atoms with Gasteiger partial charge in [0, 0.05) is 23.8 Å². The number of anilines is 1. The van der Waals surface area contributed by atoms with E-state index in [1.807, 2.05) is 0 Å². The van der Waals surface area contributed by atoms with E-state index in [-0.39, 0.29) is 18.4 Å². The molecule has 3 rings (SSSR count). The predicted octanol–water partition coefficient (Wildman–Crippen LogP) is 3.44. The van der Waals surface area contributed by atoms with Crippen molar-refractivity contribution in [1.29, 1.82) is 0 Å². The van der Waals surface area contributed by atoms with Crippen molar-refractivity contribution < 1.29 is 13.2 Å². The Kier molecular flexibility index (Phi) is 5.24. The lowest BCUT2D eigenvalue weighted by atomic mass is 9.99. The van der Waals surface area contributed by atoms with Crippen LogP contribution in [0.1, 0.15) is 12.8 Å². The molecule has 24 heavy (non-hydrogen) atoms. The second-order valence-electron chi connectivity index (χ2n) is 5.63. The van der Waals surface area contributed by atoms with Crippen molar-refractivity contribution in [2.75, 3.05) is 18.4 Å². The summed E-state index contributed by atoms with van der Waals surface area (Å²) in [6, 6.07) is 10.2. The Balaban J connectivity index is 1.69. The van der Waals surface area contributed by atoms with Crippen LogP contribution in [-0.2, 0) is 14.8 Å². The first kappa shape index (κ1) is 17.4. The van der Waals surface area contributed by atoms with Gasteiger partial charge in [-0.05, 0) is 48.6 Å². The van der Waals surface area contributed by atoms with Gasteiger partial charge in [-0.25, -0.2) is 8.42 Å². The van der Waals surface area contributed by atoms with E-state index in [1.165, 1.54) is 15.6 Å². The van der Waals surface area contributed by atoms with Gasteiger partial charge in [-0.15, -0.1) is 11.3 Å². The molecule has 8 heteroatoms. The average molecular weight is 385 g/mol. The summed E-state index contributed by atoms with van der Waals surface area (Å²) in [5, 5.41) is 5.16. The smallest absolute Gasteiger partial charge is 0.252 e. The third-order valence-corrected chi connectivity index (χ3v) is 7.45. The maximum atomic E-state index is 12.6. The van der Waals surface area contributed by atoms with E-state index < -0.39 is 10.0 Å². The van der Waals surface area contributed by atoms with Crippen LogP contribution in [0.25, 0.3) is 0 Å². The van der Waals surface area contributed by atoms with E-state index in [1.54, 1.807) is 41.8 Å². The normalized spacial score (nSPS) is 19.1. The number of rotatable bonds is 4. The Bertz CT molecular complexity index is 804. The van der Waals surface area contributed by atoms with E-state index in [4.69, 9.17) is 11.6 Å². The summed E-state index contributed by atoms with van der Waals surface area (Å²) in [6.07, 6.45) is 1.35. The fourth-order valence-corrected chi connectivity index (χ4v) is 5.48. The van der Waals surface area contributed by atoms with Crippen LogP contribution >= 0.6 is 22.9 Å². The molecule has 1 aliphatic heterocycles. The van der Waals surface area contributed by atoms with Crippen LogP contribution in [0.5, 0.6) is 0 Å². The number of halogens is 1. The summed E-state index contributed by atoms with van der Waals surface area (Å²) < 4.78 is 26.9. The second-order valence-corrected chi connectivity index (χ2v) is 9.18. The zero-order valence-electron chi connectivity index (χ0n) is 12.8. The topological polar surface area (TPSA) is 66.5 Å². The quantitative estimate of drug-likeness (QED) is 0.878. The lowest BCUT2D eigenvalue weighted by Crippen LogP contribution is -2.43. The molecule has 5 nitrogen and oxygen atoms in total. The third kappa shape index (κ3) is 3.80. The lowest BCUT2D eigenvalue weighted by Gasteiger charge is -2.30. The highest BCUT2D eigenvalue weighted by Gasteiger charge is 2.33. The molecule has 1 amide bonds. The highest BCUT2D eigenvalue weighted by Crippen LogP contribution is 2.27. The van der Waals surface area contributed by atoms with Crippen LogP contribution in [0.15, 0.2) is 46.0 Å². The Morgan fingerprint density at radius 2 is 2.00 bits per heavy atom. The molecule has 1 atom stereocenters. The van der Waals surface area contributed by atoms with Crippen molar-refractivity contribution in [3.63, 3.8) is 0 Å². The minimum atomic E-state index is -3.51. The van der Waals surface area contributed by atoms with Crippen molar-refractivity contribution in [3.8, 4) is 0 Å². The van der Waals surface area contributed by atoms with Gasteiger partial charge in [0.1, 0.15) is 4.21 Å². The molecule has 0 unspecified atom stereocenters. The zero-order valence-corrected chi connectivity index (χ0v) is 15.2. The molecule has 1 aliphatic rings. The molecule has 0 bridgehead atoms. The molecule has 2 heterocycles. The number of amides is 1. The predicted molar refractivity (Wildman–Crippen MR) is 95.9 cm³/mol. The molecular weight excluding hydrogens is 368 g/mol. The number of thiophene rings is 1. The number of sulfonamides is 1. The summed E-state index contributed by atoms with van der Waals surface area (Å²) in [7, 11) is -3.51. The maximum absolute atomic E-state index is 12.6. The lowest BCUT2D eigenvalue weighted by molar-refractivity contribution is -0.120. The molecule has 1 aromatic heterocycles. The van der Waals surface area contributed by atoms with Gasteiger partial charge in [0.05, 0.1) is 5.92 Å². The van der Waals surface area contributed by atoms with Crippen molar-refractivity contribution in [2.45, 2.75) is 17.1 Å². The number of carbonyl (C=O) groups is 1. The first-order valence-electron chi connectivity index (χ1n) is 7.57. The molecule has 0 spiro atoms. The number of benzene rings is 1. The molecular formula is C16H17ClN2O3S2. The minimum absolute atomic E-state index is 0.164. The Morgan fingerprint density at radius 3 is 2.67 bits per heavy atom. The molecule has 1 N–H and O–H groups in total. The van der Waals surface area contributed by atoms with Crippen LogP contribution < -0.4 is 5.32 Å². The number of carbonyl (C=O) groups excluding carboxylic acids is 1. The number of piperidine rings is 1. The van der Waals surface area contributed by atoms with Gasteiger partial charge in [0.15, 0.2) is 0 Å². The third-order valence-electron chi connectivity index (χ3n) is 3.96. The first-order chi connectivity index (χ1) is 11.5. The first-order valence-corrected chi connectivity index (χ1v) is 10.3. The average Bonchev–Trinajstić information content (AvgIpc) is 3.12. The van der Waals surface area contributed by atoms with Crippen molar-refractivity contribution >= 4 is 44.6 Å². The van der Waals surface area contributed by atoms with E-state index in [0.717, 1.165) is 0 Å². The van der Waals surface area contributed by atoms with Crippen LogP contribution in [0.3, 0.4) is 0 Å². The fraction of sp³-hybridized carbons (Fsp3) is 0.312. The van der Waals surface area contributed by atoms with E-state index in [0.29, 0.717) is 34.3 Å². The molecule has 2 aromatic rings. The van der Waals surface area contributed by atoms with Gasteiger partial charge in [0.25, 0.3) is 10.0 Å². The highest BCUT2D eigenvalue weighted by atomic mass is 35.5. The number of nitrogens with one attached hydrogen (secondary N) is 1. The largest absolute Gasteiger partial charge is 0.326 e. The monoisotopic (exact) mass is 384 g/mol. The van der Waals surface area contributed by atoms with Crippen molar-refractivity contribution in [3.05, 3.63) is 46.8 Å². The van der Waals surface area contributed by atoms with Gasteiger partial charge in [-0.1, -0.05) is 17.7 Å². The molecule has 1 saturated heterocycles. The standard InChI is InChI=1S/C16H17ClN2O3S2/c17-13-5-7-14(8-6-13)18-16(20)12-3-1-9-19(11-12)24(21,22)15-4-2-10-23-15/h2,4-8,10,12H,1,3,9,11H2,(H,18,20)/t12-/m1/s1. The minimum Gasteiger partial charge on any atom is -0.326 e. The molecule has 1 fully saturated rings. The summed E-state index contributed by atoms with van der Waals surface area (Å²) in [4.78, 5) is 12.4. The van der Waals surface area contributed by atoms with Gasteiger partial charge in [-0.2, -0.15) is 4.31 Å². The van der Waals surface area contributed by atoms with Gasteiger partial charge in [-0.3, -0.25) is 4.79 Å². The number of hydrogen-bond donors (Lipinski definition) is 1. The van der Waals surface area contributed by atoms with Gasteiger partial charge < -0.3 is 5.32 Å². The van der Waals surface area contributed by atoms with Gasteiger partial charge >= 0.3 is 0 Å². The zero-order chi connectivity index (χ0) is 17.2. The molecule has 0 saturated carbocycles. The van der Waals surface area contributed by atoms with Crippen LogP contribution in [-0.4, -0.2) is 31.7 Å². The summed E-state index contributed by atoms with van der Waals surface area (Å²) >= 11 is 7.02. The molecule has 0 aliphatic carbocycles. The second kappa shape index (κ2) is 7.23. The van der Waals surface area contributed by atoms with E-state index >= 15 is 0 Å². The maximum Gasteiger partial charge on any atom is 0.252 e. The van der Waals surface area contributed by atoms with Crippen molar-refractivity contribution in [1.82, 2.24) is 4.31 Å². The van der Waals surface area contributed by atoms with Crippen LogP contribution in [0, 0.1) is 5.92 Å². The Morgan fingerprint density at radius 1 is 1.25 bits per heavy atom. The summed E-state index contributed by atoms with van der Waals surface area (Å²) in [5.41, 5.74) is 0.655. The number of hydrogen-bond acceptors (Lipinski definition) is 4. The SMILES string of the molecule is O=C(Nc1ccc(Cl)cc1)[C@@H]1CCCN(S(=O)(=O)c2cccs2)C1. The van der Waals surface area contributed by atoms with E-state index in [2.05, 4.69) is 5.32 Å². The van der Waals surface area contributed by atoms with Crippen molar-refractivity contribution in [2.24, 2.45) is 5.92 Å². The molecule has 0 radical (unpaired) electrons. The summed E-state index contributed by atoms with van der Waals surface area (Å²) in [6.45, 7) is 0.657. The number of nitrogens with zero attached hydrogens (tertiary/aromatic N) is 1. The van der Waals surface area contributed by atoms with Crippen LogP contribution in [0.2, 0.25) is 5.02 Å². The fourth-order valence-electron chi connectivity index (χ4n) is 2.69. The highest BCUT2D eigenvalue weighted by molar-refractivity contribution is 7.91. The van der Waals surface area contributed by atoms with Gasteiger partial charge in [0.2, 0.25) is 5.91 Å². The van der Waals surface area contributed by atoms with E-state index in [9.17, 15) is 13.2 Å². The Labute approximate surface area is 150 Å². The summed E-state index contributed by atoms with van der Waals surface area (Å²) in [5.74, 6) is -0.521. The molecule has 1 aromatic carbocycles. The Hall–Kier alpha value is -1.41.